The van der Waals surface area contributed by atoms with Gasteiger partial charge >= 0.3 is 0 Å². The number of ether oxygens (including phenoxy) is 1. The number of methoxy groups -OCH3 is 1. The highest BCUT2D eigenvalue weighted by atomic mass is 16.5. The van der Waals surface area contributed by atoms with Crippen molar-refractivity contribution >= 4 is 0 Å². The van der Waals surface area contributed by atoms with Gasteiger partial charge in [0, 0.05) is 25.6 Å². The molecule has 3 nitrogen and oxygen atoms in total. The third-order valence-electron chi connectivity index (χ3n) is 4.22. The van der Waals surface area contributed by atoms with Gasteiger partial charge in [-0.05, 0) is 28.8 Å². The average Bonchev–Trinajstić information content (AvgIpc) is 2.54. The van der Waals surface area contributed by atoms with Crippen LogP contribution in [0.25, 0.3) is 0 Å². The molecule has 0 bridgehead atoms. The molecule has 3 rings (SSSR count). The van der Waals surface area contributed by atoms with Gasteiger partial charge in [0.25, 0.3) is 0 Å². The van der Waals surface area contributed by atoms with Gasteiger partial charge in [-0.2, -0.15) is 0 Å². The Labute approximate surface area is 131 Å². The highest BCUT2D eigenvalue weighted by Crippen LogP contribution is 2.37. The average molecular weight is 295 g/mol. The standard InChI is InChI=1S/C19H21NO2/c1-3-15-12-20(11-14-7-5-4-6-8-14)13-16-9-18(21)19(22-2)10-17(15)16/h3-10,15,21H,1,11-13H2,2H3/t15-/m0/s1. The molecule has 0 aromatic heterocycles. The van der Waals surface area contributed by atoms with Gasteiger partial charge in [-0.3, -0.25) is 4.90 Å². The van der Waals surface area contributed by atoms with Crippen LogP contribution in [-0.4, -0.2) is 23.7 Å². The fourth-order valence-corrected chi connectivity index (χ4v) is 3.12. The summed E-state index contributed by atoms with van der Waals surface area (Å²) in [6, 6.07) is 14.2. The molecular weight excluding hydrogens is 274 g/mol. The summed E-state index contributed by atoms with van der Waals surface area (Å²) in [5.74, 6) is 0.981. The molecule has 0 saturated carbocycles. The third-order valence-corrected chi connectivity index (χ3v) is 4.22. The topological polar surface area (TPSA) is 32.7 Å². The Balaban J connectivity index is 1.88. The lowest BCUT2D eigenvalue weighted by atomic mass is 9.89. The molecule has 1 N–H and O–H groups in total. The van der Waals surface area contributed by atoms with Crippen molar-refractivity contribution < 1.29 is 9.84 Å². The number of phenols is 1. The van der Waals surface area contributed by atoms with E-state index in [-0.39, 0.29) is 11.7 Å². The molecule has 0 amide bonds. The van der Waals surface area contributed by atoms with Crippen LogP contribution >= 0.6 is 0 Å². The predicted octanol–water partition coefficient (Wildman–Crippen LogP) is 3.69. The Kier molecular flexibility index (Phi) is 4.16. The lowest BCUT2D eigenvalue weighted by Crippen LogP contribution is -2.32. The summed E-state index contributed by atoms with van der Waals surface area (Å²) in [4.78, 5) is 2.38. The van der Waals surface area contributed by atoms with Gasteiger partial charge in [0.05, 0.1) is 7.11 Å². The zero-order valence-electron chi connectivity index (χ0n) is 12.8. The number of rotatable bonds is 4. The van der Waals surface area contributed by atoms with Crippen molar-refractivity contribution in [2.24, 2.45) is 0 Å². The Bertz CT molecular complexity index is 667. The fraction of sp³-hybridized carbons (Fsp3) is 0.263. The van der Waals surface area contributed by atoms with E-state index >= 15 is 0 Å². The van der Waals surface area contributed by atoms with Crippen molar-refractivity contribution in [2.75, 3.05) is 13.7 Å². The summed E-state index contributed by atoms with van der Waals surface area (Å²) in [6.07, 6.45) is 1.98. The van der Waals surface area contributed by atoms with Crippen molar-refractivity contribution in [3.05, 3.63) is 71.8 Å². The summed E-state index contributed by atoms with van der Waals surface area (Å²) >= 11 is 0. The second-order valence-corrected chi connectivity index (χ2v) is 5.72. The van der Waals surface area contributed by atoms with Crippen LogP contribution in [0.4, 0.5) is 0 Å². The molecule has 22 heavy (non-hydrogen) atoms. The number of benzene rings is 2. The van der Waals surface area contributed by atoms with E-state index in [1.165, 1.54) is 11.1 Å². The van der Waals surface area contributed by atoms with Gasteiger partial charge in [0.15, 0.2) is 11.5 Å². The normalized spacial score (nSPS) is 17.8. The lowest BCUT2D eigenvalue weighted by molar-refractivity contribution is 0.233. The number of aromatic hydroxyl groups is 1. The first-order chi connectivity index (χ1) is 10.7. The zero-order chi connectivity index (χ0) is 15.5. The molecule has 3 heteroatoms. The first kappa shape index (κ1) is 14.7. The Hall–Kier alpha value is -2.26. The van der Waals surface area contributed by atoms with Crippen LogP contribution in [0.5, 0.6) is 11.5 Å². The molecule has 1 heterocycles. The number of nitrogens with zero attached hydrogens (tertiary/aromatic N) is 1. The van der Waals surface area contributed by atoms with E-state index in [0.29, 0.717) is 5.75 Å². The molecule has 0 saturated heterocycles. The molecule has 0 aliphatic carbocycles. The largest absolute Gasteiger partial charge is 0.504 e. The minimum absolute atomic E-state index is 0.200. The second kappa shape index (κ2) is 6.24. The smallest absolute Gasteiger partial charge is 0.160 e. The summed E-state index contributed by atoms with van der Waals surface area (Å²) in [5.41, 5.74) is 3.64. The predicted molar refractivity (Wildman–Crippen MR) is 88.2 cm³/mol. The van der Waals surface area contributed by atoms with Gasteiger partial charge in [-0.1, -0.05) is 36.4 Å². The van der Waals surface area contributed by atoms with Crippen LogP contribution in [-0.2, 0) is 13.1 Å². The molecule has 114 valence electrons. The van der Waals surface area contributed by atoms with E-state index in [9.17, 15) is 5.11 Å². The zero-order valence-corrected chi connectivity index (χ0v) is 12.8. The van der Waals surface area contributed by atoms with Crippen molar-refractivity contribution in [3.63, 3.8) is 0 Å². The highest BCUT2D eigenvalue weighted by Gasteiger charge is 2.25. The molecule has 0 unspecified atom stereocenters. The molecular formula is C19H21NO2. The number of phenolic OH excluding ortho intramolecular Hbond substituents is 1. The van der Waals surface area contributed by atoms with E-state index in [2.05, 4.69) is 35.7 Å². The highest BCUT2D eigenvalue weighted by molar-refractivity contribution is 5.49. The molecule has 0 spiro atoms. The van der Waals surface area contributed by atoms with Gasteiger partial charge in [-0.25, -0.2) is 0 Å². The van der Waals surface area contributed by atoms with Crippen LogP contribution < -0.4 is 4.74 Å². The quantitative estimate of drug-likeness (QED) is 0.873. The summed E-state index contributed by atoms with van der Waals surface area (Å²) < 4.78 is 5.23. The molecule has 1 aliphatic heterocycles. The lowest BCUT2D eigenvalue weighted by Gasteiger charge is -2.33. The van der Waals surface area contributed by atoms with E-state index in [0.717, 1.165) is 25.2 Å². The van der Waals surface area contributed by atoms with Gasteiger partial charge in [0.2, 0.25) is 0 Å². The van der Waals surface area contributed by atoms with E-state index in [4.69, 9.17) is 4.74 Å². The van der Waals surface area contributed by atoms with Crippen LogP contribution in [0, 0.1) is 0 Å². The van der Waals surface area contributed by atoms with Crippen LogP contribution in [0.1, 0.15) is 22.6 Å². The van der Waals surface area contributed by atoms with Gasteiger partial charge < -0.3 is 9.84 Å². The van der Waals surface area contributed by atoms with Crippen molar-refractivity contribution in [1.29, 1.82) is 0 Å². The van der Waals surface area contributed by atoms with Gasteiger partial charge in [0.1, 0.15) is 0 Å². The summed E-state index contributed by atoms with van der Waals surface area (Å²) in [7, 11) is 1.58. The Morgan fingerprint density at radius 2 is 2.09 bits per heavy atom. The molecule has 1 atom stereocenters. The molecule has 1 aliphatic rings. The summed E-state index contributed by atoms with van der Waals surface area (Å²) in [6.45, 7) is 6.63. The number of hydrogen-bond acceptors (Lipinski definition) is 3. The van der Waals surface area contributed by atoms with E-state index in [1.807, 2.05) is 24.3 Å². The SMILES string of the molecule is C=C[C@H]1CN(Cc2ccccc2)Cc2cc(O)c(OC)cc21. The minimum atomic E-state index is 0.200. The van der Waals surface area contributed by atoms with Gasteiger partial charge in [-0.15, -0.1) is 6.58 Å². The van der Waals surface area contributed by atoms with E-state index < -0.39 is 0 Å². The van der Waals surface area contributed by atoms with Crippen LogP contribution in [0.3, 0.4) is 0 Å². The third kappa shape index (κ3) is 2.85. The van der Waals surface area contributed by atoms with Crippen LogP contribution in [0.15, 0.2) is 55.1 Å². The van der Waals surface area contributed by atoms with E-state index in [1.54, 1.807) is 7.11 Å². The Morgan fingerprint density at radius 1 is 1.32 bits per heavy atom. The number of fused-ring (bicyclic) bond motifs is 1. The fourth-order valence-electron chi connectivity index (χ4n) is 3.12. The molecule has 2 aromatic carbocycles. The maximum Gasteiger partial charge on any atom is 0.160 e. The molecule has 0 radical (unpaired) electrons. The second-order valence-electron chi connectivity index (χ2n) is 5.72. The first-order valence-corrected chi connectivity index (χ1v) is 7.50. The van der Waals surface area contributed by atoms with Crippen LogP contribution in [0.2, 0.25) is 0 Å². The van der Waals surface area contributed by atoms with Crippen molar-refractivity contribution in [3.8, 4) is 11.5 Å². The molecule has 0 fully saturated rings. The molecule has 2 aromatic rings. The monoisotopic (exact) mass is 295 g/mol. The summed E-state index contributed by atoms with van der Waals surface area (Å²) in [5, 5.41) is 10.0. The Morgan fingerprint density at radius 3 is 2.77 bits per heavy atom. The minimum Gasteiger partial charge on any atom is -0.504 e. The maximum atomic E-state index is 10.0. The number of hydrogen-bond donors (Lipinski definition) is 1. The maximum absolute atomic E-state index is 10.0. The first-order valence-electron chi connectivity index (χ1n) is 7.50. The van der Waals surface area contributed by atoms with Crippen molar-refractivity contribution in [1.82, 2.24) is 4.90 Å². The van der Waals surface area contributed by atoms with Crippen molar-refractivity contribution in [2.45, 2.75) is 19.0 Å².